The van der Waals surface area contributed by atoms with Gasteiger partial charge in [-0.25, -0.2) is 0 Å². The molecule has 0 aliphatic heterocycles. The summed E-state index contributed by atoms with van der Waals surface area (Å²) in [4.78, 5) is 8.53. The summed E-state index contributed by atoms with van der Waals surface area (Å²) in [6.07, 6.45) is 0. The maximum atomic E-state index is 10.3. The van der Waals surface area contributed by atoms with Gasteiger partial charge in [0.15, 0.2) is 0 Å². The van der Waals surface area contributed by atoms with E-state index >= 15 is 0 Å². The second kappa shape index (κ2) is 4.59. The zero-order valence-electron chi connectivity index (χ0n) is 4.99. The Morgan fingerprint density at radius 3 is 2.00 bits per heavy atom. The standard InChI is InChI=1S/C6H5O2P.Cu/c7-9(8)6-4-2-1-3-5-6;/h1-5H;/p+1. The Bertz CT molecular complexity index is 212. The summed E-state index contributed by atoms with van der Waals surface area (Å²) in [5.41, 5.74) is 0. The van der Waals surface area contributed by atoms with Crippen LogP contribution in [0.1, 0.15) is 0 Å². The predicted molar refractivity (Wildman–Crippen MR) is 35.9 cm³/mol. The van der Waals surface area contributed by atoms with Gasteiger partial charge in [0.1, 0.15) is 0 Å². The van der Waals surface area contributed by atoms with E-state index in [2.05, 4.69) is 0 Å². The van der Waals surface area contributed by atoms with Crippen molar-refractivity contribution in [2.24, 2.45) is 0 Å². The summed E-state index contributed by atoms with van der Waals surface area (Å²) < 4.78 is 10.3. The van der Waals surface area contributed by atoms with Crippen molar-refractivity contribution in [1.82, 2.24) is 0 Å². The SMILES string of the molecule is O=[P+](O)c1ccccc1.[Cu]. The second-order valence-corrected chi connectivity index (χ2v) is 2.67. The normalized spacial score (nSPS) is 9.90. The molecule has 1 rings (SSSR count). The molecule has 1 unspecified atom stereocenters. The van der Waals surface area contributed by atoms with E-state index in [-0.39, 0.29) is 17.1 Å². The summed E-state index contributed by atoms with van der Waals surface area (Å²) in [5.74, 6) is 0. The third-order valence-corrected chi connectivity index (χ3v) is 1.72. The molecule has 0 bridgehead atoms. The van der Waals surface area contributed by atoms with Gasteiger partial charge >= 0.3 is 8.03 Å². The van der Waals surface area contributed by atoms with E-state index in [1.165, 1.54) is 0 Å². The predicted octanol–water partition coefficient (Wildman–Crippen LogP) is 1.04. The van der Waals surface area contributed by atoms with Crippen LogP contribution in [0, 0.1) is 0 Å². The molecule has 0 aliphatic rings. The molecular formula is C6H6CuO2P+. The zero-order valence-corrected chi connectivity index (χ0v) is 6.83. The maximum absolute atomic E-state index is 10.3. The largest absolute Gasteiger partial charge is 0.546 e. The van der Waals surface area contributed by atoms with Crippen LogP contribution < -0.4 is 5.30 Å². The molecule has 57 valence electrons. The molecule has 1 aromatic rings. The van der Waals surface area contributed by atoms with Crippen LogP contribution in [0.15, 0.2) is 30.3 Å². The monoisotopic (exact) mass is 204 g/mol. The average Bonchev–Trinajstić information content (AvgIpc) is 1.90. The van der Waals surface area contributed by atoms with E-state index in [0.29, 0.717) is 5.30 Å². The van der Waals surface area contributed by atoms with Gasteiger partial charge in [-0.3, -0.25) is 0 Å². The molecule has 0 fully saturated rings. The van der Waals surface area contributed by atoms with E-state index in [0.717, 1.165) is 0 Å². The molecular weight excluding hydrogens is 199 g/mol. The van der Waals surface area contributed by atoms with Crippen molar-refractivity contribution in [3.63, 3.8) is 0 Å². The summed E-state index contributed by atoms with van der Waals surface area (Å²) >= 11 is 0. The molecule has 4 heteroatoms. The first kappa shape index (κ1) is 9.80. The molecule has 1 N–H and O–H groups in total. The molecule has 2 nitrogen and oxygen atoms in total. The van der Waals surface area contributed by atoms with Crippen molar-refractivity contribution >= 4 is 13.3 Å². The van der Waals surface area contributed by atoms with Crippen LogP contribution in [0.5, 0.6) is 0 Å². The zero-order chi connectivity index (χ0) is 6.69. The molecule has 10 heavy (non-hydrogen) atoms. The van der Waals surface area contributed by atoms with Gasteiger partial charge in [-0.15, -0.1) is 0 Å². The Hall–Kier alpha value is -0.201. The molecule has 0 saturated carbocycles. The quantitative estimate of drug-likeness (QED) is 0.548. The van der Waals surface area contributed by atoms with E-state index in [1.807, 2.05) is 6.07 Å². The minimum Gasteiger partial charge on any atom is -0.156 e. The first-order chi connectivity index (χ1) is 4.30. The third kappa shape index (κ3) is 2.59. The van der Waals surface area contributed by atoms with Crippen LogP contribution >= 0.6 is 8.03 Å². The van der Waals surface area contributed by atoms with Gasteiger partial charge in [-0.05, 0) is 16.7 Å². The van der Waals surface area contributed by atoms with Crippen molar-refractivity contribution in [2.75, 3.05) is 0 Å². The van der Waals surface area contributed by atoms with Crippen molar-refractivity contribution in [3.8, 4) is 0 Å². The van der Waals surface area contributed by atoms with Gasteiger partial charge < -0.3 is 0 Å². The van der Waals surface area contributed by atoms with Crippen molar-refractivity contribution in [2.45, 2.75) is 0 Å². The molecule has 0 amide bonds. The Kier molecular flexibility index (Phi) is 4.50. The van der Waals surface area contributed by atoms with Crippen LogP contribution in [-0.2, 0) is 21.6 Å². The molecule has 1 aromatic carbocycles. The first-order valence-corrected chi connectivity index (χ1v) is 3.73. The summed E-state index contributed by atoms with van der Waals surface area (Å²) in [6, 6.07) is 8.53. The minimum absolute atomic E-state index is 0. The summed E-state index contributed by atoms with van der Waals surface area (Å²) in [6.45, 7) is 0. The fraction of sp³-hybridized carbons (Fsp3) is 0. The smallest absolute Gasteiger partial charge is 0.156 e. The van der Waals surface area contributed by atoms with E-state index in [4.69, 9.17) is 4.89 Å². The van der Waals surface area contributed by atoms with Crippen LogP contribution in [0.4, 0.5) is 0 Å². The number of hydrogen-bond donors (Lipinski definition) is 1. The molecule has 0 aliphatic carbocycles. The first-order valence-electron chi connectivity index (χ1n) is 2.52. The molecule has 0 heterocycles. The minimum atomic E-state index is -2.15. The summed E-state index contributed by atoms with van der Waals surface area (Å²) in [7, 11) is -2.15. The van der Waals surface area contributed by atoms with Gasteiger partial charge in [0, 0.05) is 17.1 Å². The number of benzene rings is 1. The number of hydrogen-bond acceptors (Lipinski definition) is 1. The summed E-state index contributed by atoms with van der Waals surface area (Å²) in [5, 5.41) is 0.479. The van der Waals surface area contributed by atoms with Crippen LogP contribution in [0.3, 0.4) is 0 Å². The van der Waals surface area contributed by atoms with Crippen molar-refractivity contribution in [1.29, 1.82) is 0 Å². The van der Waals surface area contributed by atoms with E-state index in [1.54, 1.807) is 24.3 Å². The van der Waals surface area contributed by atoms with Crippen LogP contribution in [-0.4, -0.2) is 4.89 Å². The van der Waals surface area contributed by atoms with E-state index in [9.17, 15) is 4.57 Å². The molecule has 1 radical (unpaired) electrons. The van der Waals surface area contributed by atoms with Crippen LogP contribution in [0.2, 0.25) is 0 Å². The Balaban J connectivity index is 0.000000810. The molecule has 0 aromatic heterocycles. The van der Waals surface area contributed by atoms with Crippen molar-refractivity contribution in [3.05, 3.63) is 30.3 Å². The fourth-order valence-electron chi connectivity index (χ4n) is 0.556. The molecule has 0 saturated heterocycles. The van der Waals surface area contributed by atoms with Gasteiger partial charge in [0.2, 0.25) is 5.30 Å². The number of rotatable bonds is 1. The second-order valence-electron chi connectivity index (χ2n) is 1.61. The molecule has 1 atom stereocenters. The third-order valence-electron chi connectivity index (χ3n) is 0.977. The Morgan fingerprint density at radius 1 is 1.20 bits per heavy atom. The van der Waals surface area contributed by atoms with E-state index < -0.39 is 8.03 Å². The topological polar surface area (TPSA) is 37.3 Å². The Morgan fingerprint density at radius 2 is 1.70 bits per heavy atom. The van der Waals surface area contributed by atoms with Gasteiger partial charge in [-0.1, -0.05) is 18.2 Å². The fourth-order valence-corrected chi connectivity index (χ4v) is 0.983. The Labute approximate surface area is 70.6 Å². The average molecular weight is 205 g/mol. The van der Waals surface area contributed by atoms with Gasteiger partial charge in [0.05, 0.1) is 0 Å². The van der Waals surface area contributed by atoms with Gasteiger partial charge in [-0.2, -0.15) is 4.89 Å². The van der Waals surface area contributed by atoms with Crippen molar-refractivity contribution < 1.29 is 26.5 Å². The van der Waals surface area contributed by atoms with Gasteiger partial charge in [0.25, 0.3) is 0 Å². The molecule has 0 spiro atoms. The maximum Gasteiger partial charge on any atom is 0.546 e. The van der Waals surface area contributed by atoms with Crippen LogP contribution in [0.25, 0.3) is 0 Å².